The zero-order chi connectivity index (χ0) is 14.0. The summed E-state index contributed by atoms with van der Waals surface area (Å²) < 4.78 is 0. The van der Waals surface area contributed by atoms with Crippen molar-refractivity contribution in [1.29, 1.82) is 0 Å². The van der Waals surface area contributed by atoms with Gasteiger partial charge in [-0.1, -0.05) is 0 Å². The molecule has 2 rings (SSSR count). The second-order valence-corrected chi connectivity index (χ2v) is 4.30. The molecule has 0 spiro atoms. The summed E-state index contributed by atoms with van der Waals surface area (Å²) in [6.45, 7) is 0. The van der Waals surface area contributed by atoms with Gasteiger partial charge in [0.05, 0.1) is 5.69 Å². The molecule has 1 saturated heterocycles. The van der Waals surface area contributed by atoms with Gasteiger partial charge in [0.1, 0.15) is 6.04 Å². The van der Waals surface area contributed by atoms with Crippen LogP contribution in [-0.2, 0) is 9.59 Å². The molecule has 0 aliphatic carbocycles. The standard InChI is InChI=1S/C12H14N4O3/c1-16-9(17)5-4-8(12(16)19)15-11(18)10-7(13)3-2-6-14-10/h2-3,6,8H,4-5,13H2,1H3,(H,15,18). The number of carbonyl (C=O) groups excluding carboxylic acids is 3. The first-order valence-corrected chi connectivity index (χ1v) is 5.82. The Hall–Kier alpha value is -2.44. The number of amides is 3. The molecule has 2 heterocycles. The molecule has 7 nitrogen and oxygen atoms in total. The Labute approximate surface area is 109 Å². The average Bonchev–Trinajstić information content (AvgIpc) is 2.40. The highest BCUT2D eigenvalue weighted by Gasteiger charge is 2.33. The Kier molecular flexibility index (Phi) is 3.46. The fourth-order valence-electron chi connectivity index (χ4n) is 1.88. The zero-order valence-corrected chi connectivity index (χ0v) is 10.4. The first-order valence-electron chi connectivity index (χ1n) is 5.82. The molecule has 1 aliphatic heterocycles. The Morgan fingerprint density at radius 1 is 1.53 bits per heavy atom. The van der Waals surface area contributed by atoms with Gasteiger partial charge in [0.25, 0.3) is 11.8 Å². The van der Waals surface area contributed by atoms with Crippen molar-refractivity contribution in [1.82, 2.24) is 15.2 Å². The van der Waals surface area contributed by atoms with Crippen molar-refractivity contribution in [3.63, 3.8) is 0 Å². The van der Waals surface area contributed by atoms with Crippen LogP contribution >= 0.6 is 0 Å². The van der Waals surface area contributed by atoms with Crippen LogP contribution in [0.2, 0.25) is 0 Å². The molecular weight excluding hydrogens is 248 g/mol. The van der Waals surface area contributed by atoms with Crippen molar-refractivity contribution in [3.8, 4) is 0 Å². The maximum Gasteiger partial charge on any atom is 0.272 e. The van der Waals surface area contributed by atoms with Crippen LogP contribution in [-0.4, -0.2) is 40.7 Å². The normalized spacial score (nSPS) is 19.4. The van der Waals surface area contributed by atoms with Crippen LogP contribution in [0.15, 0.2) is 18.3 Å². The molecular formula is C12H14N4O3. The largest absolute Gasteiger partial charge is 0.397 e. The van der Waals surface area contributed by atoms with Gasteiger partial charge in [0.2, 0.25) is 5.91 Å². The molecule has 1 unspecified atom stereocenters. The van der Waals surface area contributed by atoms with Crippen molar-refractivity contribution in [2.24, 2.45) is 0 Å². The number of pyridine rings is 1. The van der Waals surface area contributed by atoms with Crippen molar-refractivity contribution in [2.75, 3.05) is 12.8 Å². The molecule has 1 atom stereocenters. The smallest absolute Gasteiger partial charge is 0.272 e. The lowest BCUT2D eigenvalue weighted by atomic mass is 10.0. The van der Waals surface area contributed by atoms with E-state index in [0.29, 0.717) is 6.42 Å². The minimum Gasteiger partial charge on any atom is -0.397 e. The molecule has 1 aromatic heterocycles. The van der Waals surface area contributed by atoms with Crippen molar-refractivity contribution >= 4 is 23.4 Å². The predicted molar refractivity (Wildman–Crippen MR) is 66.9 cm³/mol. The van der Waals surface area contributed by atoms with Gasteiger partial charge in [-0.25, -0.2) is 4.98 Å². The van der Waals surface area contributed by atoms with E-state index >= 15 is 0 Å². The summed E-state index contributed by atoms with van der Waals surface area (Å²) in [6.07, 6.45) is 1.97. The number of piperidine rings is 1. The topological polar surface area (TPSA) is 105 Å². The van der Waals surface area contributed by atoms with Crippen LogP contribution in [0.4, 0.5) is 5.69 Å². The third kappa shape index (κ3) is 2.54. The number of nitrogens with zero attached hydrogens (tertiary/aromatic N) is 2. The van der Waals surface area contributed by atoms with Crippen LogP contribution in [0.5, 0.6) is 0 Å². The van der Waals surface area contributed by atoms with Gasteiger partial charge in [0, 0.05) is 19.7 Å². The highest BCUT2D eigenvalue weighted by atomic mass is 16.2. The summed E-state index contributed by atoms with van der Waals surface area (Å²) in [4.78, 5) is 40.0. The molecule has 19 heavy (non-hydrogen) atoms. The maximum atomic E-state index is 12.0. The van der Waals surface area contributed by atoms with Gasteiger partial charge < -0.3 is 11.1 Å². The Bertz CT molecular complexity index is 544. The van der Waals surface area contributed by atoms with Gasteiger partial charge in [-0.05, 0) is 18.6 Å². The highest BCUT2D eigenvalue weighted by molar-refractivity contribution is 6.04. The first kappa shape index (κ1) is 13.0. The maximum absolute atomic E-state index is 12.0. The molecule has 1 aromatic rings. The number of rotatable bonds is 2. The summed E-state index contributed by atoms with van der Waals surface area (Å²) in [7, 11) is 1.40. The Morgan fingerprint density at radius 2 is 2.26 bits per heavy atom. The minimum atomic E-state index is -0.711. The summed E-state index contributed by atoms with van der Waals surface area (Å²) in [5, 5.41) is 2.55. The minimum absolute atomic E-state index is 0.0786. The van der Waals surface area contributed by atoms with Crippen LogP contribution in [0.1, 0.15) is 23.3 Å². The number of likely N-dealkylation sites (N-methyl/N-ethyl adjacent to an activating group) is 1. The molecule has 1 aliphatic rings. The van der Waals surface area contributed by atoms with Gasteiger partial charge in [0.15, 0.2) is 5.69 Å². The number of nitrogens with two attached hydrogens (primary N) is 1. The van der Waals surface area contributed by atoms with E-state index in [0.717, 1.165) is 4.90 Å². The lowest BCUT2D eigenvalue weighted by Crippen LogP contribution is -2.53. The average molecular weight is 262 g/mol. The quantitative estimate of drug-likeness (QED) is 0.702. The molecule has 3 amide bonds. The monoisotopic (exact) mass is 262 g/mol. The van der Waals surface area contributed by atoms with E-state index in [1.165, 1.54) is 13.2 Å². The van der Waals surface area contributed by atoms with Gasteiger partial charge in [-0.15, -0.1) is 0 Å². The second-order valence-electron chi connectivity index (χ2n) is 4.30. The summed E-state index contributed by atoms with van der Waals surface area (Å²) in [5.74, 6) is -1.17. The number of carbonyl (C=O) groups is 3. The summed E-state index contributed by atoms with van der Waals surface area (Å²) in [5.41, 5.74) is 5.96. The van der Waals surface area contributed by atoms with Gasteiger partial charge in [-0.2, -0.15) is 0 Å². The van der Waals surface area contributed by atoms with E-state index in [1.54, 1.807) is 12.1 Å². The van der Waals surface area contributed by atoms with Crippen molar-refractivity contribution < 1.29 is 14.4 Å². The number of anilines is 1. The first-order chi connectivity index (χ1) is 9.00. The molecule has 0 radical (unpaired) electrons. The van der Waals surface area contributed by atoms with Crippen LogP contribution in [0, 0.1) is 0 Å². The Balaban J connectivity index is 2.10. The van der Waals surface area contributed by atoms with E-state index in [9.17, 15) is 14.4 Å². The van der Waals surface area contributed by atoms with Gasteiger partial charge >= 0.3 is 0 Å². The molecule has 1 fully saturated rings. The van der Waals surface area contributed by atoms with E-state index in [-0.39, 0.29) is 23.7 Å². The Morgan fingerprint density at radius 3 is 2.95 bits per heavy atom. The lowest BCUT2D eigenvalue weighted by molar-refractivity contribution is -0.147. The van der Waals surface area contributed by atoms with E-state index < -0.39 is 17.9 Å². The molecule has 7 heteroatoms. The number of imide groups is 1. The lowest BCUT2D eigenvalue weighted by Gasteiger charge is -2.28. The molecule has 0 bridgehead atoms. The highest BCUT2D eigenvalue weighted by Crippen LogP contribution is 2.13. The summed E-state index contributed by atoms with van der Waals surface area (Å²) >= 11 is 0. The fraction of sp³-hybridized carbons (Fsp3) is 0.333. The number of hydrogen-bond acceptors (Lipinski definition) is 5. The number of nitrogen functional groups attached to an aromatic ring is 1. The number of likely N-dealkylation sites (tertiary alicyclic amines) is 1. The van der Waals surface area contributed by atoms with E-state index in [1.807, 2.05) is 0 Å². The van der Waals surface area contributed by atoms with Gasteiger partial charge in [-0.3, -0.25) is 19.3 Å². The third-order valence-corrected chi connectivity index (χ3v) is 3.01. The SMILES string of the molecule is CN1C(=O)CCC(NC(=O)c2ncccc2N)C1=O. The van der Waals surface area contributed by atoms with Crippen molar-refractivity contribution in [2.45, 2.75) is 18.9 Å². The number of hydrogen-bond donors (Lipinski definition) is 2. The van der Waals surface area contributed by atoms with Crippen LogP contribution < -0.4 is 11.1 Å². The molecule has 0 saturated carbocycles. The summed E-state index contributed by atoms with van der Waals surface area (Å²) in [6, 6.07) is 2.46. The van der Waals surface area contributed by atoms with Crippen molar-refractivity contribution in [3.05, 3.63) is 24.0 Å². The number of aromatic nitrogens is 1. The molecule has 100 valence electrons. The molecule has 0 aromatic carbocycles. The van der Waals surface area contributed by atoms with Crippen LogP contribution in [0.3, 0.4) is 0 Å². The molecule has 3 N–H and O–H groups in total. The fourth-order valence-corrected chi connectivity index (χ4v) is 1.88. The second kappa shape index (κ2) is 5.05. The predicted octanol–water partition coefficient (Wildman–Crippen LogP) is -0.459. The number of nitrogens with one attached hydrogen (secondary N) is 1. The zero-order valence-electron chi connectivity index (χ0n) is 10.4. The van der Waals surface area contributed by atoms with E-state index in [4.69, 9.17) is 5.73 Å². The van der Waals surface area contributed by atoms with E-state index in [2.05, 4.69) is 10.3 Å². The van der Waals surface area contributed by atoms with Crippen LogP contribution in [0.25, 0.3) is 0 Å². The third-order valence-electron chi connectivity index (χ3n) is 3.01.